The Morgan fingerprint density at radius 1 is 1.30 bits per heavy atom. The quantitative estimate of drug-likeness (QED) is 0.588. The third-order valence-electron chi connectivity index (χ3n) is 3.47. The first-order valence-electron chi connectivity index (χ1n) is 4.53. The van der Waals surface area contributed by atoms with Gasteiger partial charge in [0.1, 0.15) is 0 Å². The predicted molar refractivity (Wildman–Crippen MR) is 42.6 cm³/mol. The molecule has 0 aromatic rings. The van der Waals surface area contributed by atoms with Crippen molar-refractivity contribution in [2.45, 2.75) is 38.6 Å². The maximum Gasteiger partial charge on any atom is 0.00415 e. The van der Waals surface area contributed by atoms with Crippen LogP contribution in [0.3, 0.4) is 0 Å². The van der Waals surface area contributed by atoms with Gasteiger partial charge in [-0.05, 0) is 43.9 Å². The molecule has 2 rings (SSSR count). The molecule has 2 fully saturated rings. The van der Waals surface area contributed by atoms with Crippen LogP contribution in [0.1, 0.15) is 32.6 Å². The van der Waals surface area contributed by atoms with E-state index in [9.17, 15) is 0 Å². The van der Waals surface area contributed by atoms with Crippen LogP contribution >= 0.6 is 0 Å². The molecule has 2 N–H and O–H groups in total. The summed E-state index contributed by atoms with van der Waals surface area (Å²) < 4.78 is 0. The zero-order chi connectivity index (χ0) is 7.14. The average Bonchev–Trinajstić information content (AvgIpc) is 2.44. The van der Waals surface area contributed by atoms with Crippen molar-refractivity contribution in [3.63, 3.8) is 0 Å². The van der Waals surface area contributed by atoms with Gasteiger partial charge in [-0.15, -0.1) is 0 Å². The summed E-state index contributed by atoms with van der Waals surface area (Å²) in [7, 11) is 0. The molecular weight excluding hydrogens is 122 g/mol. The van der Waals surface area contributed by atoms with Gasteiger partial charge in [0.2, 0.25) is 0 Å². The fraction of sp³-hybridized carbons (Fsp3) is 1.00. The van der Waals surface area contributed by atoms with E-state index < -0.39 is 0 Å². The van der Waals surface area contributed by atoms with Crippen LogP contribution in [0, 0.1) is 17.8 Å². The third-order valence-corrected chi connectivity index (χ3v) is 3.47. The summed E-state index contributed by atoms with van der Waals surface area (Å²) in [6, 6.07) is 0.454. The van der Waals surface area contributed by atoms with Gasteiger partial charge in [0.15, 0.2) is 0 Å². The van der Waals surface area contributed by atoms with Crippen LogP contribution in [0.25, 0.3) is 0 Å². The molecule has 0 aromatic carbocycles. The SMILES string of the molecule is CC(N)C1C[C@H]2CC[C@H]1C2. The lowest BCUT2D eigenvalue weighted by molar-refractivity contribution is 0.293. The van der Waals surface area contributed by atoms with Crippen molar-refractivity contribution in [1.29, 1.82) is 0 Å². The summed E-state index contributed by atoms with van der Waals surface area (Å²) in [6.07, 6.45) is 5.89. The number of hydrogen-bond donors (Lipinski definition) is 1. The number of fused-ring (bicyclic) bond motifs is 2. The molecule has 0 heterocycles. The van der Waals surface area contributed by atoms with E-state index in [4.69, 9.17) is 5.73 Å². The largest absolute Gasteiger partial charge is 0.328 e. The van der Waals surface area contributed by atoms with Crippen molar-refractivity contribution in [2.24, 2.45) is 23.5 Å². The van der Waals surface area contributed by atoms with Crippen LogP contribution in [0.5, 0.6) is 0 Å². The highest BCUT2D eigenvalue weighted by Crippen LogP contribution is 2.49. The number of nitrogens with two attached hydrogens (primary N) is 1. The van der Waals surface area contributed by atoms with Crippen molar-refractivity contribution in [1.82, 2.24) is 0 Å². The summed E-state index contributed by atoms with van der Waals surface area (Å²) in [5.74, 6) is 2.93. The van der Waals surface area contributed by atoms with E-state index in [2.05, 4.69) is 6.92 Å². The zero-order valence-electron chi connectivity index (χ0n) is 6.72. The standard InChI is InChI=1S/C9H17N/c1-6(10)9-5-7-2-3-8(9)4-7/h6-9H,2-5,10H2,1H3/t6?,7-,8-,9?/m0/s1. The fourth-order valence-electron chi connectivity index (χ4n) is 2.94. The normalized spacial score (nSPS) is 48.0. The molecule has 2 bridgehead atoms. The van der Waals surface area contributed by atoms with E-state index in [1.54, 1.807) is 0 Å². The molecule has 0 amide bonds. The molecule has 1 heteroatoms. The van der Waals surface area contributed by atoms with E-state index in [1.165, 1.54) is 25.7 Å². The van der Waals surface area contributed by atoms with Crippen LogP contribution in [0.4, 0.5) is 0 Å². The Balaban J connectivity index is 2.02. The Kier molecular flexibility index (Phi) is 1.48. The molecule has 2 unspecified atom stereocenters. The zero-order valence-corrected chi connectivity index (χ0v) is 6.72. The Morgan fingerprint density at radius 2 is 2.10 bits per heavy atom. The van der Waals surface area contributed by atoms with Crippen LogP contribution in [-0.4, -0.2) is 6.04 Å². The molecule has 2 aliphatic rings. The first-order chi connectivity index (χ1) is 4.77. The van der Waals surface area contributed by atoms with Crippen molar-refractivity contribution in [2.75, 3.05) is 0 Å². The third kappa shape index (κ3) is 0.878. The van der Waals surface area contributed by atoms with E-state index in [1.807, 2.05) is 0 Å². The number of hydrogen-bond acceptors (Lipinski definition) is 1. The van der Waals surface area contributed by atoms with Crippen molar-refractivity contribution in [3.8, 4) is 0 Å². The molecule has 10 heavy (non-hydrogen) atoms. The second-order valence-corrected chi connectivity index (χ2v) is 4.20. The predicted octanol–water partition coefficient (Wildman–Crippen LogP) is 1.77. The molecule has 0 saturated heterocycles. The molecule has 58 valence electrons. The topological polar surface area (TPSA) is 26.0 Å². The smallest absolute Gasteiger partial charge is 0.00415 e. The van der Waals surface area contributed by atoms with Gasteiger partial charge >= 0.3 is 0 Å². The molecule has 0 aliphatic heterocycles. The molecule has 0 radical (unpaired) electrons. The molecule has 4 atom stereocenters. The monoisotopic (exact) mass is 139 g/mol. The second kappa shape index (κ2) is 2.23. The summed E-state index contributed by atoms with van der Waals surface area (Å²) >= 11 is 0. The van der Waals surface area contributed by atoms with Crippen molar-refractivity contribution < 1.29 is 0 Å². The molecule has 2 aliphatic carbocycles. The minimum absolute atomic E-state index is 0.454. The maximum absolute atomic E-state index is 5.88. The molecule has 0 aromatic heterocycles. The van der Waals surface area contributed by atoms with Crippen LogP contribution in [0.15, 0.2) is 0 Å². The highest BCUT2D eigenvalue weighted by atomic mass is 14.7. The van der Waals surface area contributed by atoms with Crippen molar-refractivity contribution >= 4 is 0 Å². The Hall–Kier alpha value is -0.0400. The minimum Gasteiger partial charge on any atom is -0.328 e. The maximum atomic E-state index is 5.88. The Morgan fingerprint density at radius 3 is 2.40 bits per heavy atom. The van der Waals surface area contributed by atoms with Gasteiger partial charge in [-0.25, -0.2) is 0 Å². The lowest BCUT2D eigenvalue weighted by Gasteiger charge is -2.24. The van der Waals surface area contributed by atoms with Crippen LogP contribution < -0.4 is 5.73 Å². The highest BCUT2D eigenvalue weighted by molar-refractivity contribution is 4.92. The lowest BCUT2D eigenvalue weighted by atomic mass is 9.84. The van der Waals surface area contributed by atoms with E-state index in [-0.39, 0.29) is 0 Å². The van der Waals surface area contributed by atoms with E-state index in [0.717, 1.165) is 17.8 Å². The first-order valence-corrected chi connectivity index (χ1v) is 4.53. The summed E-state index contributed by atoms with van der Waals surface area (Å²) in [4.78, 5) is 0. The lowest BCUT2D eigenvalue weighted by Crippen LogP contribution is -2.30. The molecule has 2 saturated carbocycles. The van der Waals surface area contributed by atoms with Crippen molar-refractivity contribution in [3.05, 3.63) is 0 Å². The van der Waals surface area contributed by atoms with Gasteiger partial charge in [-0.3, -0.25) is 0 Å². The summed E-state index contributed by atoms with van der Waals surface area (Å²) in [5.41, 5.74) is 5.88. The minimum atomic E-state index is 0.454. The molecule has 1 nitrogen and oxygen atoms in total. The highest BCUT2D eigenvalue weighted by Gasteiger charge is 2.40. The molecule has 0 spiro atoms. The van der Waals surface area contributed by atoms with Gasteiger partial charge in [0.25, 0.3) is 0 Å². The summed E-state index contributed by atoms with van der Waals surface area (Å²) in [6.45, 7) is 2.17. The van der Waals surface area contributed by atoms with Gasteiger partial charge in [-0.2, -0.15) is 0 Å². The molecular formula is C9H17N. The van der Waals surface area contributed by atoms with Gasteiger partial charge in [0, 0.05) is 6.04 Å². The van der Waals surface area contributed by atoms with Crippen LogP contribution in [0.2, 0.25) is 0 Å². The van der Waals surface area contributed by atoms with E-state index >= 15 is 0 Å². The second-order valence-electron chi connectivity index (χ2n) is 4.20. The van der Waals surface area contributed by atoms with Gasteiger partial charge in [-0.1, -0.05) is 6.42 Å². The number of rotatable bonds is 1. The Bertz CT molecular complexity index is 131. The van der Waals surface area contributed by atoms with Gasteiger partial charge < -0.3 is 5.73 Å². The summed E-state index contributed by atoms with van der Waals surface area (Å²) in [5, 5.41) is 0. The van der Waals surface area contributed by atoms with Crippen LogP contribution in [-0.2, 0) is 0 Å². The average molecular weight is 139 g/mol. The van der Waals surface area contributed by atoms with Gasteiger partial charge in [0.05, 0.1) is 0 Å². The fourth-order valence-corrected chi connectivity index (χ4v) is 2.94. The Labute approximate surface area is 63.0 Å². The van der Waals surface area contributed by atoms with E-state index in [0.29, 0.717) is 6.04 Å². The first kappa shape index (κ1) is 6.66.